The summed E-state index contributed by atoms with van der Waals surface area (Å²) in [6, 6.07) is 2.44. The fraction of sp³-hybridized carbons (Fsp3) is 0.400. The maximum Gasteiger partial charge on any atom is 0.416 e. The highest BCUT2D eigenvalue weighted by Gasteiger charge is 2.33. The first-order chi connectivity index (χ1) is 7.88. The molecule has 1 N–H and O–H groups in total. The molecule has 0 heterocycles. The Bertz CT molecular complexity index is 455. The van der Waals surface area contributed by atoms with E-state index in [-0.39, 0.29) is 17.4 Å². The van der Waals surface area contributed by atoms with Crippen LogP contribution in [0.5, 0.6) is 0 Å². The van der Waals surface area contributed by atoms with Crippen molar-refractivity contribution in [2.24, 2.45) is 0 Å². The van der Waals surface area contributed by atoms with E-state index in [2.05, 4.69) is 5.32 Å². The monoisotopic (exact) mass is 246 g/mol. The lowest BCUT2D eigenvalue weighted by Crippen LogP contribution is -2.09. The van der Waals surface area contributed by atoms with Crippen LogP contribution in [0, 0.1) is 10.1 Å². The number of halogens is 3. The quantitative estimate of drug-likeness (QED) is 0.658. The Morgan fingerprint density at radius 1 is 1.35 bits per heavy atom. The van der Waals surface area contributed by atoms with Gasteiger partial charge in [0.15, 0.2) is 0 Å². The van der Waals surface area contributed by atoms with Crippen LogP contribution in [-0.2, 0) is 6.18 Å². The molecular weight excluding hydrogens is 237 g/mol. The fourth-order valence-corrected chi connectivity index (χ4v) is 1.43. The molecule has 0 atom stereocenters. The summed E-state index contributed by atoms with van der Waals surface area (Å²) in [7, 11) is 0. The van der Waals surface area contributed by atoms with Crippen LogP contribution in [0.15, 0.2) is 18.2 Å². The van der Waals surface area contributed by atoms with Gasteiger partial charge in [0.2, 0.25) is 0 Å². The molecule has 1 aliphatic carbocycles. The van der Waals surface area contributed by atoms with E-state index < -0.39 is 16.7 Å². The topological polar surface area (TPSA) is 55.2 Å². The number of nitro groups is 1. The lowest BCUT2D eigenvalue weighted by molar-refractivity contribution is -0.384. The van der Waals surface area contributed by atoms with E-state index in [9.17, 15) is 23.3 Å². The van der Waals surface area contributed by atoms with Crippen LogP contribution in [0.3, 0.4) is 0 Å². The largest absolute Gasteiger partial charge is 0.416 e. The maximum absolute atomic E-state index is 12.5. The molecule has 0 aromatic heterocycles. The summed E-state index contributed by atoms with van der Waals surface area (Å²) in [5, 5.41) is 13.4. The first-order valence-corrected chi connectivity index (χ1v) is 5.00. The molecule has 0 amide bonds. The van der Waals surface area contributed by atoms with Crippen LogP contribution < -0.4 is 5.32 Å². The minimum absolute atomic E-state index is 0.0529. The number of anilines is 1. The number of nitro benzene ring substituents is 1. The molecular formula is C10H9F3N2O2. The molecule has 0 saturated heterocycles. The van der Waals surface area contributed by atoms with Gasteiger partial charge >= 0.3 is 6.18 Å². The standard InChI is InChI=1S/C10H9F3N2O2/c11-10(12,13)6-1-4-9(15(16)17)8(5-6)14-7-2-3-7/h1,4-5,7,14H,2-3H2. The zero-order chi connectivity index (χ0) is 12.6. The smallest absolute Gasteiger partial charge is 0.377 e. The Morgan fingerprint density at radius 2 is 2.00 bits per heavy atom. The Balaban J connectivity index is 2.38. The van der Waals surface area contributed by atoms with E-state index >= 15 is 0 Å². The summed E-state index contributed by atoms with van der Waals surface area (Å²) in [4.78, 5) is 9.98. The van der Waals surface area contributed by atoms with E-state index in [1.54, 1.807) is 0 Å². The number of alkyl halides is 3. The Labute approximate surface area is 94.6 Å². The van der Waals surface area contributed by atoms with Crippen molar-refractivity contribution in [2.45, 2.75) is 25.1 Å². The second kappa shape index (κ2) is 3.90. The summed E-state index contributed by atoms with van der Waals surface area (Å²) in [5.74, 6) is 0. The molecule has 0 radical (unpaired) electrons. The van der Waals surface area contributed by atoms with Crippen molar-refractivity contribution in [2.75, 3.05) is 5.32 Å². The average molecular weight is 246 g/mol. The third-order valence-corrected chi connectivity index (χ3v) is 2.46. The molecule has 1 aromatic rings. The van der Waals surface area contributed by atoms with Gasteiger partial charge in [-0.3, -0.25) is 10.1 Å². The molecule has 92 valence electrons. The van der Waals surface area contributed by atoms with Crippen molar-refractivity contribution in [3.05, 3.63) is 33.9 Å². The van der Waals surface area contributed by atoms with Crippen LogP contribution in [0.25, 0.3) is 0 Å². The van der Waals surface area contributed by atoms with Gasteiger partial charge in [-0.1, -0.05) is 0 Å². The second-order valence-electron chi connectivity index (χ2n) is 3.91. The van der Waals surface area contributed by atoms with E-state index in [1.165, 1.54) is 0 Å². The van der Waals surface area contributed by atoms with E-state index in [0.29, 0.717) is 0 Å². The SMILES string of the molecule is O=[N+]([O-])c1ccc(C(F)(F)F)cc1NC1CC1. The maximum atomic E-state index is 12.5. The lowest BCUT2D eigenvalue weighted by Gasteiger charge is -2.10. The van der Waals surface area contributed by atoms with Crippen molar-refractivity contribution < 1.29 is 18.1 Å². The number of hydrogen-bond acceptors (Lipinski definition) is 3. The Morgan fingerprint density at radius 3 is 2.47 bits per heavy atom. The van der Waals surface area contributed by atoms with Gasteiger partial charge in [-0.05, 0) is 25.0 Å². The zero-order valence-electron chi connectivity index (χ0n) is 8.62. The van der Waals surface area contributed by atoms with Crippen molar-refractivity contribution in [3.8, 4) is 0 Å². The van der Waals surface area contributed by atoms with Gasteiger partial charge < -0.3 is 5.32 Å². The molecule has 1 saturated carbocycles. The summed E-state index contributed by atoms with van der Waals surface area (Å²) in [6.07, 6.45) is -2.84. The molecule has 1 aliphatic rings. The predicted molar refractivity (Wildman–Crippen MR) is 54.7 cm³/mol. The number of rotatable bonds is 3. The number of benzene rings is 1. The number of nitrogens with one attached hydrogen (secondary N) is 1. The molecule has 0 spiro atoms. The Kier molecular flexibility index (Phi) is 2.68. The van der Waals surface area contributed by atoms with Crippen molar-refractivity contribution >= 4 is 11.4 Å². The average Bonchev–Trinajstić information content (AvgIpc) is 2.99. The lowest BCUT2D eigenvalue weighted by atomic mass is 10.1. The normalized spacial score (nSPS) is 15.7. The minimum Gasteiger partial charge on any atom is -0.377 e. The third-order valence-electron chi connectivity index (χ3n) is 2.46. The van der Waals surface area contributed by atoms with Gasteiger partial charge in [-0.2, -0.15) is 13.2 Å². The van der Waals surface area contributed by atoms with E-state index in [4.69, 9.17) is 0 Å². The molecule has 4 nitrogen and oxygen atoms in total. The molecule has 0 unspecified atom stereocenters. The van der Waals surface area contributed by atoms with Crippen molar-refractivity contribution in [3.63, 3.8) is 0 Å². The van der Waals surface area contributed by atoms with Gasteiger partial charge in [-0.25, -0.2) is 0 Å². The van der Waals surface area contributed by atoms with Gasteiger partial charge in [0.25, 0.3) is 5.69 Å². The van der Waals surface area contributed by atoms with Crippen LogP contribution in [0.1, 0.15) is 18.4 Å². The Hall–Kier alpha value is -1.79. The van der Waals surface area contributed by atoms with Gasteiger partial charge in [-0.15, -0.1) is 0 Å². The molecule has 17 heavy (non-hydrogen) atoms. The molecule has 0 aliphatic heterocycles. The van der Waals surface area contributed by atoms with E-state index in [1.807, 2.05) is 0 Å². The molecule has 1 aromatic carbocycles. The van der Waals surface area contributed by atoms with Gasteiger partial charge in [0.05, 0.1) is 10.5 Å². The highest BCUT2D eigenvalue weighted by molar-refractivity contribution is 5.64. The number of hydrogen-bond donors (Lipinski definition) is 1. The van der Waals surface area contributed by atoms with Crippen LogP contribution >= 0.6 is 0 Å². The first-order valence-electron chi connectivity index (χ1n) is 5.00. The molecule has 7 heteroatoms. The summed E-state index contributed by atoms with van der Waals surface area (Å²) in [5.41, 5.74) is -1.27. The fourth-order valence-electron chi connectivity index (χ4n) is 1.43. The third kappa shape index (κ3) is 2.66. The summed E-state index contributed by atoms with van der Waals surface area (Å²) < 4.78 is 37.4. The van der Waals surface area contributed by atoms with Crippen molar-refractivity contribution in [1.82, 2.24) is 0 Å². The highest BCUT2D eigenvalue weighted by Crippen LogP contribution is 2.36. The highest BCUT2D eigenvalue weighted by atomic mass is 19.4. The van der Waals surface area contributed by atoms with Crippen molar-refractivity contribution in [1.29, 1.82) is 0 Å². The predicted octanol–water partition coefficient (Wildman–Crippen LogP) is 3.19. The van der Waals surface area contributed by atoms with E-state index in [0.717, 1.165) is 31.0 Å². The molecule has 0 bridgehead atoms. The second-order valence-corrected chi connectivity index (χ2v) is 3.91. The minimum atomic E-state index is -4.49. The first kappa shape index (κ1) is 11.7. The van der Waals surface area contributed by atoms with Gasteiger partial charge in [0, 0.05) is 12.1 Å². The van der Waals surface area contributed by atoms with Crippen LogP contribution in [0.2, 0.25) is 0 Å². The van der Waals surface area contributed by atoms with Crippen LogP contribution in [0.4, 0.5) is 24.5 Å². The molecule has 1 fully saturated rings. The summed E-state index contributed by atoms with van der Waals surface area (Å²) in [6.45, 7) is 0. The van der Waals surface area contributed by atoms with Crippen LogP contribution in [-0.4, -0.2) is 11.0 Å². The molecule has 2 rings (SSSR count). The summed E-state index contributed by atoms with van der Waals surface area (Å²) >= 11 is 0. The number of nitrogens with zero attached hydrogens (tertiary/aromatic N) is 1. The zero-order valence-corrected chi connectivity index (χ0v) is 8.62. The van der Waals surface area contributed by atoms with Gasteiger partial charge in [0.1, 0.15) is 5.69 Å².